The van der Waals surface area contributed by atoms with E-state index in [4.69, 9.17) is 0 Å². The van der Waals surface area contributed by atoms with Gasteiger partial charge in [-0.2, -0.15) is 5.10 Å². The maximum Gasteiger partial charge on any atom is 0.317 e. The third-order valence-corrected chi connectivity index (χ3v) is 4.71. The number of para-hydroxylation sites is 1. The number of aryl methyl sites for hydroxylation is 2. The number of aromatic nitrogens is 2. The van der Waals surface area contributed by atoms with E-state index in [9.17, 15) is 18.4 Å². The Morgan fingerprint density at radius 3 is 2.52 bits per heavy atom. The molecule has 0 saturated carbocycles. The van der Waals surface area contributed by atoms with Crippen LogP contribution in [-0.4, -0.2) is 40.2 Å². The normalized spacial score (nSPS) is 10.6. The summed E-state index contributed by atoms with van der Waals surface area (Å²) in [5, 5.41) is 9.55. The van der Waals surface area contributed by atoms with Crippen molar-refractivity contribution in [2.45, 2.75) is 20.4 Å². The number of urea groups is 1. The van der Waals surface area contributed by atoms with Crippen LogP contribution >= 0.6 is 0 Å². The van der Waals surface area contributed by atoms with Crippen LogP contribution < -0.4 is 10.6 Å². The van der Waals surface area contributed by atoms with Crippen LogP contribution in [-0.2, 0) is 11.3 Å². The van der Waals surface area contributed by atoms with E-state index >= 15 is 0 Å². The molecular weight excluding hydrogens is 404 g/mol. The molecule has 0 unspecified atom stereocenters. The summed E-state index contributed by atoms with van der Waals surface area (Å²) < 4.78 is 28.2. The van der Waals surface area contributed by atoms with Crippen LogP contribution in [0.4, 0.5) is 19.3 Å². The minimum absolute atomic E-state index is 0.0965. The summed E-state index contributed by atoms with van der Waals surface area (Å²) in [5.41, 5.74) is 3.33. The summed E-state index contributed by atoms with van der Waals surface area (Å²) in [6.07, 6.45) is 3.00. The molecule has 0 aliphatic heterocycles. The number of nitrogens with one attached hydrogen (secondary N) is 2. The lowest BCUT2D eigenvalue weighted by molar-refractivity contribution is -0.116. The fourth-order valence-corrected chi connectivity index (χ4v) is 3.04. The number of rotatable bonds is 6. The number of hydrogen-bond acceptors (Lipinski definition) is 3. The zero-order valence-electron chi connectivity index (χ0n) is 17.4. The molecule has 2 N–H and O–H groups in total. The van der Waals surface area contributed by atoms with Gasteiger partial charge in [0.15, 0.2) is 5.82 Å². The van der Waals surface area contributed by atoms with Gasteiger partial charge >= 0.3 is 6.03 Å². The second-order valence-electron chi connectivity index (χ2n) is 7.22. The van der Waals surface area contributed by atoms with E-state index in [1.54, 1.807) is 0 Å². The maximum absolute atomic E-state index is 13.9. The number of amides is 3. The first-order valence-electron chi connectivity index (χ1n) is 9.58. The molecule has 0 aliphatic carbocycles. The van der Waals surface area contributed by atoms with Gasteiger partial charge in [-0.05, 0) is 37.1 Å². The molecule has 7 nitrogen and oxygen atoms in total. The van der Waals surface area contributed by atoms with E-state index in [0.29, 0.717) is 5.56 Å². The molecule has 0 aliphatic rings. The third kappa shape index (κ3) is 5.44. The first kappa shape index (κ1) is 21.9. The zero-order chi connectivity index (χ0) is 22.5. The van der Waals surface area contributed by atoms with Crippen LogP contribution in [0.5, 0.6) is 0 Å². The Morgan fingerprint density at radius 2 is 1.84 bits per heavy atom. The smallest absolute Gasteiger partial charge is 0.317 e. The molecule has 0 bridgehead atoms. The summed E-state index contributed by atoms with van der Waals surface area (Å²) in [6, 6.07) is 8.46. The van der Waals surface area contributed by atoms with Crippen LogP contribution in [0, 0.1) is 25.5 Å². The van der Waals surface area contributed by atoms with Crippen molar-refractivity contribution in [3.05, 3.63) is 77.1 Å². The van der Waals surface area contributed by atoms with Crippen molar-refractivity contribution in [1.82, 2.24) is 20.0 Å². The highest BCUT2D eigenvalue weighted by Crippen LogP contribution is 2.19. The molecule has 1 aromatic heterocycles. The van der Waals surface area contributed by atoms with Crippen LogP contribution in [0.1, 0.15) is 16.7 Å². The number of carbonyl (C=O) groups is 2. The Hall–Kier alpha value is -3.75. The number of halogens is 2. The van der Waals surface area contributed by atoms with Crippen LogP contribution in [0.25, 0.3) is 5.69 Å². The lowest BCUT2D eigenvalue weighted by atomic mass is 10.1. The number of nitrogens with zero attached hydrogens (tertiary/aromatic N) is 3. The van der Waals surface area contributed by atoms with Crippen LogP contribution in [0.3, 0.4) is 0 Å². The average molecular weight is 427 g/mol. The number of anilines is 1. The van der Waals surface area contributed by atoms with Crippen molar-refractivity contribution < 1.29 is 18.4 Å². The van der Waals surface area contributed by atoms with Crippen molar-refractivity contribution in [2.24, 2.45) is 0 Å². The lowest BCUT2D eigenvalue weighted by Crippen LogP contribution is -2.41. The molecule has 3 amide bonds. The highest BCUT2D eigenvalue weighted by Gasteiger charge is 2.15. The first-order chi connectivity index (χ1) is 14.7. The van der Waals surface area contributed by atoms with Gasteiger partial charge in [0.1, 0.15) is 18.0 Å². The summed E-state index contributed by atoms with van der Waals surface area (Å²) in [7, 11) is 1.51. The van der Waals surface area contributed by atoms with Crippen molar-refractivity contribution in [2.75, 3.05) is 18.9 Å². The monoisotopic (exact) mass is 427 g/mol. The second-order valence-corrected chi connectivity index (χ2v) is 7.22. The molecule has 3 rings (SSSR count). The van der Waals surface area contributed by atoms with Crippen molar-refractivity contribution in [1.29, 1.82) is 0 Å². The topological polar surface area (TPSA) is 79.3 Å². The molecule has 2 aromatic carbocycles. The number of benzene rings is 2. The van der Waals surface area contributed by atoms with E-state index in [1.807, 2.05) is 32.0 Å². The van der Waals surface area contributed by atoms with Gasteiger partial charge in [0, 0.05) is 37.1 Å². The van der Waals surface area contributed by atoms with Gasteiger partial charge in [-0.25, -0.2) is 18.3 Å². The third-order valence-electron chi connectivity index (χ3n) is 4.71. The summed E-state index contributed by atoms with van der Waals surface area (Å²) in [5.74, 6) is -1.73. The largest absolute Gasteiger partial charge is 0.334 e. The van der Waals surface area contributed by atoms with Gasteiger partial charge in [0.2, 0.25) is 5.91 Å². The molecule has 9 heteroatoms. The molecule has 0 atom stereocenters. The highest BCUT2D eigenvalue weighted by atomic mass is 19.1. The Balaban J connectivity index is 1.53. The first-order valence-corrected chi connectivity index (χ1v) is 9.58. The highest BCUT2D eigenvalue weighted by molar-refractivity contribution is 5.95. The Bertz CT molecular complexity index is 1090. The van der Waals surface area contributed by atoms with E-state index in [-0.39, 0.29) is 24.7 Å². The Labute approximate surface area is 178 Å². The van der Waals surface area contributed by atoms with Gasteiger partial charge in [-0.3, -0.25) is 4.79 Å². The zero-order valence-corrected chi connectivity index (χ0v) is 17.4. The van der Waals surface area contributed by atoms with Gasteiger partial charge < -0.3 is 15.5 Å². The fourth-order valence-electron chi connectivity index (χ4n) is 3.04. The minimum Gasteiger partial charge on any atom is -0.334 e. The molecule has 162 valence electrons. The van der Waals surface area contributed by atoms with E-state index in [2.05, 4.69) is 15.7 Å². The fraction of sp³-hybridized carbons (Fsp3) is 0.227. The van der Waals surface area contributed by atoms with Gasteiger partial charge in [0.25, 0.3) is 0 Å². The van der Waals surface area contributed by atoms with E-state index in [1.165, 1.54) is 35.1 Å². The number of likely N-dealkylation sites (N-methyl/N-ethyl adjacent to an activating group) is 1. The van der Waals surface area contributed by atoms with Crippen LogP contribution in [0.2, 0.25) is 0 Å². The Kier molecular flexibility index (Phi) is 6.64. The second kappa shape index (κ2) is 9.38. The summed E-state index contributed by atoms with van der Waals surface area (Å²) >= 11 is 0. The van der Waals surface area contributed by atoms with Gasteiger partial charge in [-0.15, -0.1) is 0 Å². The quantitative estimate of drug-likeness (QED) is 0.632. The summed E-state index contributed by atoms with van der Waals surface area (Å²) in [6.45, 7) is 3.80. The van der Waals surface area contributed by atoms with Gasteiger partial charge in [0.05, 0.1) is 6.20 Å². The molecule has 1 heterocycles. The number of carbonyl (C=O) groups excluding carboxylic acids is 2. The summed E-state index contributed by atoms with van der Waals surface area (Å²) in [4.78, 5) is 25.9. The maximum atomic E-state index is 13.9. The van der Waals surface area contributed by atoms with Crippen molar-refractivity contribution in [3.8, 4) is 5.69 Å². The van der Waals surface area contributed by atoms with E-state index in [0.717, 1.165) is 28.9 Å². The predicted molar refractivity (Wildman–Crippen MR) is 113 cm³/mol. The van der Waals surface area contributed by atoms with E-state index < -0.39 is 17.7 Å². The predicted octanol–water partition coefficient (Wildman–Crippen LogP) is 3.55. The molecular formula is C22H23F2N5O2. The molecule has 0 radical (unpaired) electrons. The number of hydrogen-bond donors (Lipinski definition) is 2. The Morgan fingerprint density at radius 1 is 1.13 bits per heavy atom. The molecule has 31 heavy (non-hydrogen) atoms. The lowest BCUT2D eigenvalue weighted by Gasteiger charge is -2.18. The van der Waals surface area contributed by atoms with Crippen molar-refractivity contribution in [3.63, 3.8) is 0 Å². The molecule has 0 fully saturated rings. The molecule has 0 saturated heterocycles. The molecule has 3 aromatic rings. The average Bonchev–Trinajstić information content (AvgIpc) is 3.17. The molecule has 0 spiro atoms. The van der Waals surface area contributed by atoms with Crippen LogP contribution in [0.15, 0.2) is 48.8 Å². The SMILES string of the molecule is Cc1cccc(C)c1NC(=O)CN(C)C(=O)NCc1cnn(-c2ccc(F)cc2F)c1. The standard InChI is InChI=1S/C22H23F2N5O2/c1-14-5-4-6-15(2)21(14)27-20(30)13-28(3)22(31)25-10-16-11-26-29(12-16)19-8-7-17(23)9-18(19)24/h4-9,11-12H,10,13H2,1-3H3,(H,25,31)(H,27,30). The van der Waals surface area contributed by atoms with Crippen molar-refractivity contribution >= 4 is 17.6 Å². The van der Waals surface area contributed by atoms with Gasteiger partial charge in [-0.1, -0.05) is 18.2 Å². The minimum atomic E-state index is -0.742.